The first-order valence-electron chi connectivity index (χ1n) is 9.84. The van der Waals surface area contributed by atoms with E-state index in [1.165, 1.54) is 5.69 Å². The first-order chi connectivity index (χ1) is 13.7. The molecule has 150 valence electrons. The van der Waals surface area contributed by atoms with Crippen LogP contribution in [0.4, 0.5) is 11.6 Å². The van der Waals surface area contributed by atoms with Crippen molar-refractivity contribution in [3.63, 3.8) is 0 Å². The van der Waals surface area contributed by atoms with Gasteiger partial charge in [0.15, 0.2) is 0 Å². The van der Waals surface area contributed by atoms with Crippen molar-refractivity contribution >= 4 is 17.5 Å². The minimum Gasteiger partial charge on any atom is -0.394 e. The Labute approximate surface area is 164 Å². The van der Waals surface area contributed by atoms with Crippen molar-refractivity contribution in [1.82, 2.24) is 24.6 Å². The molecule has 2 aliphatic rings. The Kier molecular flexibility index (Phi) is 5.43. The molecule has 4 rings (SSSR count). The zero-order chi connectivity index (χ0) is 19.5. The largest absolute Gasteiger partial charge is 0.394 e. The molecule has 1 N–H and O–H groups in total. The smallest absolute Gasteiger partial charge is 0.241 e. The Morgan fingerprint density at radius 1 is 1.11 bits per heavy atom. The van der Waals surface area contributed by atoms with E-state index >= 15 is 0 Å². The molecule has 2 aromatic rings. The number of carbonyl (C=O) groups excluding carboxylic acids is 1. The number of piperazine rings is 1. The number of likely N-dealkylation sites (N-methyl/N-ethyl adjacent to an activating group) is 1. The number of anilines is 2. The van der Waals surface area contributed by atoms with Gasteiger partial charge in [-0.2, -0.15) is 5.10 Å². The monoisotopic (exact) mass is 385 g/mol. The molecule has 0 radical (unpaired) electrons. The van der Waals surface area contributed by atoms with Crippen molar-refractivity contribution in [2.24, 2.45) is 0 Å². The number of nitrogens with zero attached hydrogens (tertiary/aromatic N) is 7. The zero-order valence-electron chi connectivity index (χ0n) is 16.2. The Morgan fingerprint density at radius 2 is 1.86 bits per heavy atom. The molecule has 0 spiro atoms. The molecular weight excluding hydrogens is 358 g/mol. The molecule has 0 unspecified atom stereocenters. The predicted octanol–water partition coefficient (Wildman–Crippen LogP) is 0.328. The lowest BCUT2D eigenvalue weighted by atomic mass is 9.93. The van der Waals surface area contributed by atoms with E-state index in [1.807, 2.05) is 28.9 Å². The first-order valence-corrected chi connectivity index (χ1v) is 9.84. The summed E-state index contributed by atoms with van der Waals surface area (Å²) >= 11 is 0. The van der Waals surface area contributed by atoms with Gasteiger partial charge < -0.3 is 19.8 Å². The van der Waals surface area contributed by atoms with Crippen LogP contribution in [0.25, 0.3) is 0 Å². The molecule has 0 atom stereocenters. The minimum atomic E-state index is 0.103. The highest BCUT2D eigenvalue weighted by Gasteiger charge is 2.26. The first kappa shape index (κ1) is 18.7. The molecule has 2 aromatic heterocycles. The summed E-state index contributed by atoms with van der Waals surface area (Å²) < 4.78 is 1.91. The summed E-state index contributed by atoms with van der Waals surface area (Å²) in [5.41, 5.74) is 1.20. The normalized spacial score (nSPS) is 18.8. The quantitative estimate of drug-likeness (QED) is 0.793. The second-order valence-electron chi connectivity index (χ2n) is 7.44. The van der Waals surface area contributed by atoms with Gasteiger partial charge in [-0.05, 0) is 18.9 Å². The van der Waals surface area contributed by atoms with Gasteiger partial charge in [-0.25, -0.2) is 9.97 Å². The summed E-state index contributed by atoms with van der Waals surface area (Å²) in [6.07, 6.45) is 5.44. The standard InChI is InChI=1S/C19H27N7O2/c1-23-8-9-25(13-19(23)28)18-12-17(20-14-21-18)24-6-3-15(4-7-24)16-2-5-22-26(16)10-11-27/h2,5,12,14-15,27H,3-4,6-11,13H2,1H3. The molecule has 0 aliphatic carbocycles. The molecule has 2 fully saturated rings. The van der Waals surface area contributed by atoms with Crippen molar-refractivity contribution in [1.29, 1.82) is 0 Å². The summed E-state index contributed by atoms with van der Waals surface area (Å²) in [6, 6.07) is 4.05. The third-order valence-corrected chi connectivity index (χ3v) is 5.72. The molecule has 9 nitrogen and oxygen atoms in total. The molecule has 2 aliphatic heterocycles. The highest BCUT2D eigenvalue weighted by Crippen LogP contribution is 2.30. The predicted molar refractivity (Wildman–Crippen MR) is 105 cm³/mol. The van der Waals surface area contributed by atoms with E-state index < -0.39 is 0 Å². The van der Waals surface area contributed by atoms with Crippen LogP contribution < -0.4 is 9.80 Å². The average Bonchev–Trinajstić information content (AvgIpc) is 3.19. The van der Waals surface area contributed by atoms with E-state index in [1.54, 1.807) is 11.2 Å². The lowest BCUT2D eigenvalue weighted by molar-refractivity contribution is -0.129. The second kappa shape index (κ2) is 8.14. The number of hydrogen-bond donors (Lipinski definition) is 1. The molecule has 0 bridgehead atoms. The van der Waals surface area contributed by atoms with Crippen LogP contribution in [-0.4, -0.2) is 82.0 Å². The molecule has 4 heterocycles. The van der Waals surface area contributed by atoms with E-state index in [9.17, 15) is 9.90 Å². The fourth-order valence-corrected chi connectivity index (χ4v) is 4.01. The maximum absolute atomic E-state index is 12.0. The van der Waals surface area contributed by atoms with Crippen molar-refractivity contribution in [2.75, 3.05) is 56.2 Å². The van der Waals surface area contributed by atoms with Crippen LogP contribution in [-0.2, 0) is 11.3 Å². The zero-order valence-corrected chi connectivity index (χ0v) is 16.2. The Hall–Kier alpha value is -2.68. The van der Waals surface area contributed by atoms with Crippen molar-refractivity contribution < 1.29 is 9.90 Å². The Balaban J connectivity index is 1.41. The number of aliphatic hydroxyl groups excluding tert-OH is 1. The summed E-state index contributed by atoms with van der Waals surface area (Å²) in [7, 11) is 1.84. The van der Waals surface area contributed by atoms with Gasteiger partial charge >= 0.3 is 0 Å². The van der Waals surface area contributed by atoms with Crippen molar-refractivity contribution in [3.05, 3.63) is 30.4 Å². The van der Waals surface area contributed by atoms with Crippen LogP contribution in [0, 0.1) is 0 Å². The second-order valence-corrected chi connectivity index (χ2v) is 7.44. The SMILES string of the molecule is CN1CCN(c2cc(N3CCC(c4ccnn4CCO)CC3)ncn2)CC1=O. The average molecular weight is 385 g/mol. The van der Waals surface area contributed by atoms with Gasteiger partial charge in [-0.15, -0.1) is 0 Å². The maximum Gasteiger partial charge on any atom is 0.241 e. The number of piperidine rings is 1. The van der Waals surface area contributed by atoms with E-state index in [4.69, 9.17) is 0 Å². The van der Waals surface area contributed by atoms with E-state index in [0.717, 1.165) is 44.1 Å². The topological polar surface area (TPSA) is 90.6 Å². The summed E-state index contributed by atoms with van der Waals surface area (Å²) in [4.78, 5) is 26.9. The van der Waals surface area contributed by atoms with Gasteiger partial charge in [0.1, 0.15) is 18.0 Å². The third kappa shape index (κ3) is 3.80. The van der Waals surface area contributed by atoms with Gasteiger partial charge in [0.05, 0.1) is 19.7 Å². The van der Waals surface area contributed by atoms with Crippen LogP contribution in [0.1, 0.15) is 24.5 Å². The minimum absolute atomic E-state index is 0.103. The Morgan fingerprint density at radius 3 is 2.57 bits per heavy atom. The molecule has 0 saturated carbocycles. The number of aromatic nitrogens is 4. The van der Waals surface area contributed by atoms with Gasteiger partial charge in [0.2, 0.25) is 5.91 Å². The summed E-state index contributed by atoms with van der Waals surface area (Å²) in [5.74, 6) is 2.29. The number of carbonyl (C=O) groups is 1. The number of aliphatic hydroxyl groups is 1. The van der Waals surface area contributed by atoms with E-state index in [2.05, 4.69) is 26.0 Å². The number of amides is 1. The molecule has 0 aromatic carbocycles. The van der Waals surface area contributed by atoms with E-state index in [0.29, 0.717) is 25.6 Å². The van der Waals surface area contributed by atoms with Gasteiger partial charge in [0.25, 0.3) is 0 Å². The Bertz CT molecular complexity index is 816. The summed E-state index contributed by atoms with van der Waals surface area (Å²) in [6.45, 7) is 4.33. The molecule has 1 amide bonds. The highest BCUT2D eigenvalue weighted by atomic mass is 16.3. The van der Waals surface area contributed by atoms with Gasteiger partial charge in [-0.1, -0.05) is 0 Å². The number of hydrogen-bond acceptors (Lipinski definition) is 7. The molecular formula is C19H27N7O2. The van der Waals surface area contributed by atoms with Crippen molar-refractivity contribution in [2.45, 2.75) is 25.3 Å². The van der Waals surface area contributed by atoms with Gasteiger partial charge in [-0.3, -0.25) is 9.48 Å². The van der Waals surface area contributed by atoms with Crippen molar-refractivity contribution in [3.8, 4) is 0 Å². The molecule has 9 heteroatoms. The highest BCUT2D eigenvalue weighted by molar-refractivity contribution is 5.82. The third-order valence-electron chi connectivity index (χ3n) is 5.72. The fraction of sp³-hybridized carbons (Fsp3) is 0.579. The lowest BCUT2D eigenvalue weighted by Gasteiger charge is -2.35. The molecule has 2 saturated heterocycles. The van der Waals surface area contributed by atoms with E-state index in [-0.39, 0.29) is 12.5 Å². The molecule has 28 heavy (non-hydrogen) atoms. The lowest BCUT2D eigenvalue weighted by Crippen LogP contribution is -2.48. The van der Waals surface area contributed by atoms with Gasteiger partial charge in [0, 0.05) is 57.1 Å². The van der Waals surface area contributed by atoms with Crippen LogP contribution in [0.3, 0.4) is 0 Å². The number of rotatable bonds is 5. The van der Waals surface area contributed by atoms with Crippen LogP contribution in [0.5, 0.6) is 0 Å². The van der Waals surface area contributed by atoms with Crippen LogP contribution in [0.15, 0.2) is 24.7 Å². The van der Waals surface area contributed by atoms with Crippen LogP contribution >= 0.6 is 0 Å². The summed E-state index contributed by atoms with van der Waals surface area (Å²) in [5, 5.41) is 13.5. The fourth-order valence-electron chi connectivity index (χ4n) is 4.01. The van der Waals surface area contributed by atoms with Crippen LogP contribution in [0.2, 0.25) is 0 Å². The maximum atomic E-state index is 12.0.